The molecule has 0 spiro atoms. The van der Waals surface area contributed by atoms with Crippen LogP contribution < -0.4 is 20.7 Å². The average Bonchev–Trinajstić information content (AvgIpc) is 2.87. The quantitative estimate of drug-likeness (QED) is 0.333. The summed E-state index contributed by atoms with van der Waals surface area (Å²) in [6, 6.07) is 24.6. The molecule has 2 amide bonds. The molecule has 3 aromatic rings. The number of anilines is 2. The van der Waals surface area contributed by atoms with Crippen LogP contribution in [-0.4, -0.2) is 45.2 Å². The van der Waals surface area contributed by atoms with Crippen molar-refractivity contribution in [3.8, 4) is 5.75 Å². The SMILES string of the molecule is COCCCNC(=O)c1cccc(NC(=O)CNc2ccc(OCCc3ccccc3)cc2)c1. The number of carbonyl (C=O) groups is 2. The molecular formula is C27H31N3O4. The number of ether oxygens (including phenoxy) is 2. The van der Waals surface area contributed by atoms with Crippen LogP contribution in [0.15, 0.2) is 78.9 Å². The molecule has 0 unspecified atom stereocenters. The van der Waals surface area contributed by atoms with Crippen LogP contribution in [0.4, 0.5) is 11.4 Å². The second-order valence-electron chi connectivity index (χ2n) is 7.69. The van der Waals surface area contributed by atoms with Crippen molar-refractivity contribution in [2.45, 2.75) is 12.8 Å². The van der Waals surface area contributed by atoms with Crippen molar-refractivity contribution in [1.29, 1.82) is 0 Å². The lowest BCUT2D eigenvalue weighted by Crippen LogP contribution is -2.25. The number of rotatable bonds is 13. The molecule has 0 bridgehead atoms. The van der Waals surface area contributed by atoms with E-state index in [0.29, 0.717) is 31.0 Å². The predicted octanol–water partition coefficient (Wildman–Crippen LogP) is 4.13. The molecule has 0 atom stereocenters. The molecule has 34 heavy (non-hydrogen) atoms. The first-order valence-corrected chi connectivity index (χ1v) is 11.3. The minimum atomic E-state index is -0.208. The maximum atomic E-state index is 12.3. The second-order valence-corrected chi connectivity index (χ2v) is 7.69. The zero-order valence-corrected chi connectivity index (χ0v) is 19.4. The van der Waals surface area contributed by atoms with E-state index in [4.69, 9.17) is 9.47 Å². The second kappa shape index (κ2) is 13.6. The summed E-state index contributed by atoms with van der Waals surface area (Å²) in [5.74, 6) is 0.389. The molecule has 0 aromatic heterocycles. The summed E-state index contributed by atoms with van der Waals surface area (Å²) in [5.41, 5.74) is 3.11. The fourth-order valence-electron chi connectivity index (χ4n) is 3.25. The number of hydrogen-bond donors (Lipinski definition) is 3. The summed E-state index contributed by atoms with van der Waals surface area (Å²) in [6.45, 7) is 1.82. The van der Waals surface area contributed by atoms with E-state index in [9.17, 15) is 9.59 Å². The van der Waals surface area contributed by atoms with Gasteiger partial charge in [-0.15, -0.1) is 0 Å². The van der Waals surface area contributed by atoms with Crippen molar-refractivity contribution in [1.82, 2.24) is 5.32 Å². The fourth-order valence-corrected chi connectivity index (χ4v) is 3.25. The van der Waals surface area contributed by atoms with Crippen LogP contribution in [0.5, 0.6) is 5.75 Å². The Morgan fingerprint density at radius 3 is 2.41 bits per heavy atom. The molecule has 178 valence electrons. The molecule has 3 N–H and O–H groups in total. The van der Waals surface area contributed by atoms with Gasteiger partial charge in [0.05, 0.1) is 13.2 Å². The summed E-state index contributed by atoms with van der Waals surface area (Å²) >= 11 is 0. The highest BCUT2D eigenvalue weighted by molar-refractivity contribution is 5.98. The minimum absolute atomic E-state index is 0.0989. The van der Waals surface area contributed by atoms with Gasteiger partial charge in [-0.2, -0.15) is 0 Å². The fraction of sp³-hybridized carbons (Fsp3) is 0.259. The lowest BCUT2D eigenvalue weighted by atomic mass is 10.2. The van der Waals surface area contributed by atoms with Crippen molar-refractivity contribution in [3.63, 3.8) is 0 Å². The Labute approximate surface area is 200 Å². The van der Waals surface area contributed by atoms with Crippen LogP contribution in [-0.2, 0) is 16.0 Å². The molecule has 7 heteroatoms. The zero-order chi connectivity index (χ0) is 24.0. The maximum absolute atomic E-state index is 12.3. The minimum Gasteiger partial charge on any atom is -0.493 e. The third-order valence-corrected chi connectivity index (χ3v) is 5.03. The molecule has 0 heterocycles. The van der Waals surface area contributed by atoms with Gasteiger partial charge in [-0.3, -0.25) is 9.59 Å². The lowest BCUT2D eigenvalue weighted by molar-refractivity contribution is -0.114. The molecule has 0 aliphatic heterocycles. The highest BCUT2D eigenvalue weighted by Crippen LogP contribution is 2.16. The summed E-state index contributed by atoms with van der Waals surface area (Å²) in [6.07, 6.45) is 1.59. The Morgan fingerprint density at radius 1 is 0.853 bits per heavy atom. The number of amides is 2. The molecule has 0 fully saturated rings. The van der Waals surface area contributed by atoms with Gasteiger partial charge in [0.15, 0.2) is 0 Å². The van der Waals surface area contributed by atoms with E-state index in [1.165, 1.54) is 5.56 Å². The Kier molecular flexibility index (Phi) is 9.95. The zero-order valence-electron chi connectivity index (χ0n) is 19.4. The number of methoxy groups -OCH3 is 1. The topological polar surface area (TPSA) is 88.7 Å². The van der Waals surface area contributed by atoms with E-state index in [0.717, 1.165) is 24.3 Å². The average molecular weight is 462 g/mol. The van der Waals surface area contributed by atoms with Crippen LogP contribution in [0, 0.1) is 0 Å². The Bertz CT molecular complexity index is 1040. The van der Waals surface area contributed by atoms with Gasteiger partial charge in [0.1, 0.15) is 5.75 Å². The van der Waals surface area contributed by atoms with E-state index < -0.39 is 0 Å². The summed E-state index contributed by atoms with van der Waals surface area (Å²) in [5, 5.41) is 8.74. The van der Waals surface area contributed by atoms with Gasteiger partial charge in [0.25, 0.3) is 5.91 Å². The van der Waals surface area contributed by atoms with Gasteiger partial charge in [-0.1, -0.05) is 36.4 Å². The lowest BCUT2D eigenvalue weighted by Gasteiger charge is -2.11. The highest BCUT2D eigenvalue weighted by atomic mass is 16.5. The van der Waals surface area contributed by atoms with Crippen LogP contribution in [0.3, 0.4) is 0 Å². The molecule has 3 aromatic carbocycles. The standard InChI is InChI=1S/C27H31N3O4/c1-33-17-6-16-28-27(32)22-9-5-10-24(19-22)30-26(31)20-29-23-11-13-25(14-12-23)34-18-15-21-7-3-2-4-8-21/h2-5,7-14,19,29H,6,15-18,20H2,1H3,(H,28,32)(H,30,31). The van der Waals surface area contributed by atoms with E-state index in [1.54, 1.807) is 31.4 Å². The van der Waals surface area contributed by atoms with Gasteiger partial charge >= 0.3 is 0 Å². The number of benzene rings is 3. The van der Waals surface area contributed by atoms with Gasteiger partial charge in [0.2, 0.25) is 5.91 Å². The van der Waals surface area contributed by atoms with Crippen LogP contribution >= 0.6 is 0 Å². The third-order valence-electron chi connectivity index (χ3n) is 5.03. The summed E-state index contributed by atoms with van der Waals surface area (Å²) in [7, 11) is 1.63. The van der Waals surface area contributed by atoms with E-state index in [-0.39, 0.29) is 18.4 Å². The Morgan fingerprint density at radius 2 is 1.65 bits per heavy atom. The molecule has 3 rings (SSSR count). The molecular weight excluding hydrogens is 430 g/mol. The van der Waals surface area contributed by atoms with E-state index >= 15 is 0 Å². The van der Waals surface area contributed by atoms with Crippen molar-refractivity contribution >= 4 is 23.2 Å². The smallest absolute Gasteiger partial charge is 0.251 e. The molecule has 0 saturated heterocycles. The summed E-state index contributed by atoms with van der Waals surface area (Å²) < 4.78 is 10.8. The molecule has 0 radical (unpaired) electrons. The van der Waals surface area contributed by atoms with Crippen molar-refractivity contribution in [2.24, 2.45) is 0 Å². The van der Waals surface area contributed by atoms with Crippen molar-refractivity contribution in [2.75, 3.05) is 44.0 Å². The molecule has 0 aliphatic rings. The third kappa shape index (κ3) is 8.60. The van der Waals surface area contributed by atoms with Crippen LogP contribution in [0.2, 0.25) is 0 Å². The molecule has 7 nitrogen and oxygen atoms in total. The predicted molar refractivity (Wildman–Crippen MR) is 134 cm³/mol. The van der Waals surface area contributed by atoms with Crippen LogP contribution in [0.1, 0.15) is 22.3 Å². The first-order valence-electron chi connectivity index (χ1n) is 11.3. The Balaban J connectivity index is 1.40. The van der Waals surface area contributed by atoms with Crippen molar-refractivity contribution < 1.29 is 19.1 Å². The number of nitrogens with one attached hydrogen (secondary N) is 3. The van der Waals surface area contributed by atoms with Gasteiger partial charge in [0, 0.05) is 43.6 Å². The van der Waals surface area contributed by atoms with E-state index in [2.05, 4.69) is 28.1 Å². The number of carbonyl (C=O) groups excluding carboxylic acids is 2. The molecule has 0 aliphatic carbocycles. The van der Waals surface area contributed by atoms with Gasteiger partial charge < -0.3 is 25.4 Å². The van der Waals surface area contributed by atoms with Gasteiger partial charge in [-0.25, -0.2) is 0 Å². The highest BCUT2D eigenvalue weighted by Gasteiger charge is 2.08. The first kappa shape index (κ1) is 24.8. The largest absolute Gasteiger partial charge is 0.493 e. The Hall–Kier alpha value is -3.84. The van der Waals surface area contributed by atoms with Gasteiger partial charge in [-0.05, 0) is 54.4 Å². The monoisotopic (exact) mass is 461 g/mol. The first-order chi connectivity index (χ1) is 16.6. The van der Waals surface area contributed by atoms with Crippen molar-refractivity contribution in [3.05, 3.63) is 90.0 Å². The van der Waals surface area contributed by atoms with E-state index in [1.807, 2.05) is 42.5 Å². The maximum Gasteiger partial charge on any atom is 0.251 e. The summed E-state index contributed by atoms with van der Waals surface area (Å²) in [4.78, 5) is 24.6. The normalized spacial score (nSPS) is 10.4. The number of hydrogen-bond acceptors (Lipinski definition) is 5. The molecule has 0 saturated carbocycles. The van der Waals surface area contributed by atoms with Crippen LogP contribution in [0.25, 0.3) is 0 Å².